The van der Waals surface area contributed by atoms with Crippen LogP contribution in [0.25, 0.3) is 11.3 Å². The van der Waals surface area contributed by atoms with Crippen molar-refractivity contribution in [2.75, 3.05) is 12.3 Å². The molecule has 0 N–H and O–H groups in total. The third-order valence-electron chi connectivity index (χ3n) is 4.06. The number of piperidine rings is 1. The molecule has 1 unspecified atom stereocenters. The molecule has 122 valence electrons. The Bertz CT molecular complexity index is 671. The van der Waals surface area contributed by atoms with Crippen LogP contribution < -0.4 is 0 Å². The van der Waals surface area contributed by atoms with Crippen molar-refractivity contribution in [3.63, 3.8) is 0 Å². The molecule has 0 bridgehead atoms. The molecule has 2 aromatic rings. The minimum absolute atomic E-state index is 0.128. The molecule has 1 aromatic carbocycles. The summed E-state index contributed by atoms with van der Waals surface area (Å²) in [5.74, 6) is 0.743. The summed E-state index contributed by atoms with van der Waals surface area (Å²) in [7, 11) is 0. The van der Waals surface area contributed by atoms with E-state index < -0.39 is 0 Å². The van der Waals surface area contributed by atoms with Gasteiger partial charge in [0.25, 0.3) is 5.22 Å². The van der Waals surface area contributed by atoms with E-state index in [0.717, 1.165) is 24.9 Å². The van der Waals surface area contributed by atoms with Gasteiger partial charge in [-0.1, -0.05) is 11.8 Å². The van der Waals surface area contributed by atoms with Crippen molar-refractivity contribution in [1.82, 2.24) is 9.88 Å². The number of thioether (sulfide) groups is 1. The number of carbonyl (C=O) groups is 1. The molecule has 0 saturated carbocycles. The molecule has 1 aromatic heterocycles. The lowest BCUT2D eigenvalue weighted by Crippen LogP contribution is -2.42. The third-order valence-corrected chi connectivity index (χ3v) is 4.88. The zero-order valence-corrected chi connectivity index (χ0v) is 13.8. The molecule has 2 heterocycles. The Balaban J connectivity index is 1.58. The first kappa shape index (κ1) is 16.1. The lowest BCUT2D eigenvalue weighted by atomic mass is 10.0. The number of amides is 1. The van der Waals surface area contributed by atoms with Crippen LogP contribution in [0.3, 0.4) is 0 Å². The van der Waals surface area contributed by atoms with E-state index in [-0.39, 0.29) is 11.7 Å². The average Bonchev–Trinajstić information content (AvgIpc) is 3.03. The molecule has 0 radical (unpaired) electrons. The van der Waals surface area contributed by atoms with Gasteiger partial charge in [0.15, 0.2) is 5.76 Å². The van der Waals surface area contributed by atoms with E-state index in [1.165, 1.54) is 30.3 Å². The maximum atomic E-state index is 12.9. The van der Waals surface area contributed by atoms with E-state index in [0.29, 0.717) is 22.8 Å². The van der Waals surface area contributed by atoms with Crippen molar-refractivity contribution < 1.29 is 13.6 Å². The molecule has 4 nitrogen and oxygen atoms in total. The zero-order valence-electron chi connectivity index (χ0n) is 13.0. The van der Waals surface area contributed by atoms with Crippen LogP contribution in [-0.2, 0) is 4.79 Å². The molecule has 0 aliphatic carbocycles. The summed E-state index contributed by atoms with van der Waals surface area (Å²) in [6.45, 7) is 2.94. The molecule has 0 spiro atoms. The lowest BCUT2D eigenvalue weighted by Gasteiger charge is -2.33. The summed E-state index contributed by atoms with van der Waals surface area (Å²) < 4.78 is 18.6. The highest BCUT2D eigenvalue weighted by molar-refractivity contribution is 7.99. The average molecular weight is 334 g/mol. The Morgan fingerprint density at radius 1 is 1.39 bits per heavy atom. The molecule has 1 aliphatic rings. The van der Waals surface area contributed by atoms with Crippen molar-refractivity contribution in [3.8, 4) is 11.3 Å². The fourth-order valence-electron chi connectivity index (χ4n) is 2.75. The van der Waals surface area contributed by atoms with Crippen LogP contribution in [0.15, 0.2) is 40.1 Å². The Morgan fingerprint density at radius 2 is 2.17 bits per heavy atom. The maximum absolute atomic E-state index is 12.9. The predicted molar refractivity (Wildman–Crippen MR) is 87.6 cm³/mol. The van der Waals surface area contributed by atoms with Crippen molar-refractivity contribution in [1.29, 1.82) is 0 Å². The molecule has 1 amide bonds. The van der Waals surface area contributed by atoms with E-state index >= 15 is 0 Å². The van der Waals surface area contributed by atoms with Crippen molar-refractivity contribution in [2.45, 2.75) is 37.5 Å². The monoisotopic (exact) mass is 334 g/mol. The summed E-state index contributed by atoms with van der Waals surface area (Å²) in [4.78, 5) is 18.4. The topological polar surface area (TPSA) is 46.3 Å². The third kappa shape index (κ3) is 3.93. The number of nitrogens with zero attached hydrogens (tertiary/aromatic N) is 2. The number of benzene rings is 1. The zero-order chi connectivity index (χ0) is 16.2. The quantitative estimate of drug-likeness (QED) is 0.794. The molecule has 1 aliphatic heterocycles. The highest BCUT2D eigenvalue weighted by Gasteiger charge is 2.23. The molecule has 23 heavy (non-hydrogen) atoms. The maximum Gasteiger partial charge on any atom is 0.256 e. The molecule has 6 heteroatoms. The van der Waals surface area contributed by atoms with Crippen LogP contribution in [0.4, 0.5) is 4.39 Å². The second-order valence-corrected chi connectivity index (χ2v) is 6.64. The minimum atomic E-state index is -0.288. The fraction of sp³-hybridized carbons (Fsp3) is 0.412. The first-order valence-corrected chi connectivity index (χ1v) is 8.76. The molecule has 1 atom stereocenters. The molecule has 3 rings (SSSR count). The summed E-state index contributed by atoms with van der Waals surface area (Å²) in [5.41, 5.74) is 0.765. The predicted octanol–water partition coefficient (Wildman–Crippen LogP) is 3.97. The van der Waals surface area contributed by atoms with Crippen LogP contribution in [-0.4, -0.2) is 34.1 Å². The normalized spacial score (nSPS) is 18.2. The minimum Gasteiger partial charge on any atom is -0.431 e. The summed E-state index contributed by atoms with van der Waals surface area (Å²) in [6.07, 6.45) is 4.95. The van der Waals surface area contributed by atoms with Crippen molar-refractivity contribution in [3.05, 3.63) is 36.3 Å². The largest absolute Gasteiger partial charge is 0.431 e. The van der Waals surface area contributed by atoms with Gasteiger partial charge in [-0.2, -0.15) is 0 Å². The second kappa shape index (κ2) is 7.17. The van der Waals surface area contributed by atoms with Crippen LogP contribution in [0.5, 0.6) is 0 Å². The van der Waals surface area contributed by atoms with Crippen molar-refractivity contribution in [2.24, 2.45) is 0 Å². The Kier molecular flexibility index (Phi) is 5.00. The van der Waals surface area contributed by atoms with Gasteiger partial charge in [-0.3, -0.25) is 4.79 Å². The first-order chi connectivity index (χ1) is 11.1. The van der Waals surface area contributed by atoms with Gasteiger partial charge in [0.05, 0.1) is 11.9 Å². The molecule has 1 saturated heterocycles. The second-order valence-electron chi connectivity index (χ2n) is 5.72. The molecular weight excluding hydrogens is 315 g/mol. The number of halogens is 1. The van der Waals surface area contributed by atoms with Gasteiger partial charge in [-0.15, -0.1) is 0 Å². The highest BCUT2D eigenvalue weighted by Crippen LogP contribution is 2.26. The molecule has 1 fully saturated rings. The van der Waals surface area contributed by atoms with Gasteiger partial charge in [0, 0.05) is 18.2 Å². The molecular formula is C17H19FN2O2S. The van der Waals surface area contributed by atoms with E-state index in [2.05, 4.69) is 11.9 Å². The lowest BCUT2D eigenvalue weighted by molar-refractivity contribution is -0.131. The van der Waals surface area contributed by atoms with Crippen LogP contribution in [0.1, 0.15) is 26.2 Å². The smallest absolute Gasteiger partial charge is 0.256 e. The number of carbonyl (C=O) groups excluding carboxylic acids is 1. The highest BCUT2D eigenvalue weighted by atomic mass is 32.2. The van der Waals surface area contributed by atoms with Gasteiger partial charge in [0.2, 0.25) is 5.91 Å². The van der Waals surface area contributed by atoms with Crippen molar-refractivity contribution >= 4 is 17.7 Å². The van der Waals surface area contributed by atoms with E-state index in [1.807, 2.05) is 4.90 Å². The number of hydrogen-bond acceptors (Lipinski definition) is 4. The fourth-order valence-corrected chi connectivity index (χ4v) is 3.44. The number of aromatic nitrogens is 1. The van der Waals surface area contributed by atoms with Crippen LogP contribution in [0.2, 0.25) is 0 Å². The number of rotatable bonds is 4. The van der Waals surface area contributed by atoms with Gasteiger partial charge in [-0.25, -0.2) is 9.37 Å². The summed E-state index contributed by atoms with van der Waals surface area (Å²) in [6, 6.07) is 6.37. The number of hydrogen-bond donors (Lipinski definition) is 0. The summed E-state index contributed by atoms with van der Waals surface area (Å²) in [5, 5.41) is 0.460. The number of likely N-dealkylation sites (tertiary alicyclic amines) is 1. The van der Waals surface area contributed by atoms with Gasteiger partial charge in [-0.05, 0) is 50.5 Å². The van der Waals surface area contributed by atoms with Crippen LogP contribution >= 0.6 is 11.8 Å². The number of oxazole rings is 1. The van der Waals surface area contributed by atoms with E-state index in [4.69, 9.17) is 4.42 Å². The summed E-state index contributed by atoms with van der Waals surface area (Å²) >= 11 is 1.30. The Hall–Kier alpha value is -1.82. The van der Waals surface area contributed by atoms with Gasteiger partial charge < -0.3 is 9.32 Å². The van der Waals surface area contributed by atoms with E-state index in [9.17, 15) is 9.18 Å². The Labute approximate surface area is 139 Å². The standard InChI is InChI=1S/C17H19FN2O2S/c1-12-4-2-3-9-20(12)16(21)11-23-17-19-10-15(22-17)13-5-7-14(18)8-6-13/h5-8,10,12H,2-4,9,11H2,1H3. The van der Waals surface area contributed by atoms with Gasteiger partial charge in [0.1, 0.15) is 5.82 Å². The Morgan fingerprint density at radius 3 is 2.91 bits per heavy atom. The first-order valence-electron chi connectivity index (χ1n) is 7.77. The van der Waals surface area contributed by atoms with Crippen LogP contribution in [0, 0.1) is 5.82 Å². The SMILES string of the molecule is CC1CCCCN1C(=O)CSc1ncc(-c2ccc(F)cc2)o1. The van der Waals surface area contributed by atoms with E-state index in [1.54, 1.807) is 18.3 Å². The van der Waals surface area contributed by atoms with Gasteiger partial charge >= 0.3 is 0 Å².